The van der Waals surface area contributed by atoms with Crippen molar-refractivity contribution in [1.29, 1.82) is 0 Å². The van der Waals surface area contributed by atoms with E-state index in [0.717, 1.165) is 30.5 Å². The van der Waals surface area contributed by atoms with E-state index in [1.54, 1.807) is 11.0 Å². The van der Waals surface area contributed by atoms with Gasteiger partial charge in [-0.2, -0.15) is 0 Å². The van der Waals surface area contributed by atoms with E-state index in [2.05, 4.69) is 4.72 Å². The van der Waals surface area contributed by atoms with Gasteiger partial charge in [-0.1, -0.05) is 12.1 Å². The van der Waals surface area contributed by atoms with Gasteiger partial charge < -0.3 is 4.90 Å². The highest BCUT2D eigenvalue weighted by Crippen LogP contribution is 2.25. The number of nitrogens with one attached hydrogen (secondary N) is 1. The molecule has 166 valence electrons. The number of hydrogen-bond donors (Lipinski definition) is 1. The predicted octanol–water partition coefficient (Wildman–Crippen LogP) is 4.61. The maximum atomic E-state index is 13.5. The lowest BCUT2D eigenvalue weighted by Crippen LogP contribution is -2.36. The van der Waals surface area contributed by atoms with Crippen LogP contribution in [0.15, 0.2) is 77.7 Å². The fraction of sp³-hybridized carbons (Fsp3) is 0.208. The van der Waals surface area contributed by atoms with Crippen LogP contribution in [0.2, 0.25) is 0 Å². The standard InChI is InChI=1S/C24H22F2N2O3S/c25-19-8-10-21(11-9-19)27-32(30,31)23-12-6-18(7-13-23)24(29)28-14-2-5-22(28)16-17-3-1-4-20(26)15-17/h1,3-4,6-13,15,22,27H,2,5,14,16H2. The Morgan fingerprint density at radius 3 is 2.38 bits per heavy atom. The second kappa shape index (κ2) is 9.08. The molecule has 1 amide bonds. The molecule has 5 nitrogen and oxygen atoms in total. The van der Waals surface area contributed by atoms with Gasteiger partial charge in [0, 0.05) is 23.8 Å². The zero-order valence-corrected chi connectivity index (χ0v) is 18.0. The number of sulfonamides is 1. The summed E-state index contributed by atoms with van der Waals surface area (Å²) in [6.07, 6.45) is 2.26. The Morgan fingerprint density at radius 2 is 1.69 bits per heavy atom. The van der Waals surface area contributed by atoms with Crippen LogP contribution in [0.1, 0.15) is 28.8 Å². The second-order valence-corrected chi connectivity index (χ2v) is 9.45. The van der Waals surface area contributed by atoms with Gasteiger partial charge in [0.15, 0.2) is 0 Å². The molecule has 1 aliphatic rings. The molecule has 8 heteroatoms. The third-order valence-electron chi connectivity index (χ3n) is 5.51. The first-order chi connectivity index (χ1) is 15.3. The average molecular weight is 457 g/mol. The van der Waals surface area contributed by atoms with Crippen LogP contribution >= 0.6 is 0 Å². The fourth-order valence-corrected chi connectivity index (χ4v) is 4.98. The van der Waals surface area contributed by atoms with E-state index in [1.165, 1.54) is 48.5 Å². The Bertz CT molecular complexity index is 1210. The molecule has 0 bridgehead atoms. The molecule has 1 atom stereocenters. The lowest BCUT2D eigenvalue weighted by atomic mass is 10.0. The molecule has 0 aromatic heterocycles. The van der Waals surface area contributed by atoms with Crippen molar-refractivity contribution in [3.63, 3.8) is 0 Å². The average Bonchev–Trinajstić information content (AvgIpc) is 3.23. The van der Waals surface area contributed by atoms with Gasteiger partial charge in [-0.15, -0.1) is 0 Å². The minimum absolute atomic E-state index is 0.00360. The summed E-state index contributed by atoms with van der Waals surface area (Å²) < 4.78 is 54.1. The third kappa shape index (κ3) is 4.96. The van der Waals surface area contributed by atoms with Gasteiger partial charge in [0.05, 0.1) is 4.90 Å². The summed E-state index contributed by atoms with van der Waals surface area (Å²) in [5, 5.41) is 0. The van der Waals surface area contributed by atoms with Gasteiger partial charge in [0.25, 0.3) is 15.9 Å². The summed E-state index contributed by atoms with van der Waals surface area (Å²) in [5.74, 6) is -0.947. The Hall–Kier alpha value is -3.26. The van der Waals surface area contributed by atoms with E-state index < -0.39 is 15.8 Å². The van der Waals surface area contributed by atoms with Crippen LogP contribution < -0.4 is 4.72 Å². The van der Waals surface area contributed by atoms with Gasteiger partial charge in [-0.05, 0) is 85.5 Å². The van der Waals surface area contributed by atoms with Crippen LogP contribution in [0.5, 0.6) is 0 Å². The van der Waals surface area contributed by atoms with Crippen LogP contribution in [0.4, 0.5) is 14.5 Å². The fourth-order valence-electron chi connectivity index (χ4n) is 3.93. The molecular formula is C24H22F2N2O3S. The van der Waals surface area contributed by atoms with Crippen LogP contribution in [-0.4, -0.2) is 31.8 Å². The van der Waals surface area contributed by atoms with E-state index in [-0.39, 0.29) is 28.3 Å². The number of carbonyl (C=O) groups is 1. The number of rotatable bonds is 6. The molecule has 0 spiro atoms. The van der Waals surface area contributed by atoms with Crippen molar-refractivity contribution in [3.8, 4) is 0 Å². The van der Waals surface area contributed by atoms with Crippen molar-refractivity contribution in [3.05, 3.63) is 95.6 Å². The topological polar surface area (TPSA) is 66.5 Å². The number of hydrogen-bond acceptors (Lipinski definition) is 3. The molecule has 3 aromatic rings. The van der Waals surface area contributed by atoms with E-state index >= 15 is 0 Å². The summed E-state index contributed by atoms with van der Waals surface area (Å²) in [5.41, 5.74) is 1.46. The molecule has 1 aliphatic heterocycles. The normalized spacial score (nSPS) is 16.2. The quantitative estimate of drug-likeness (QED) is 0.589. The minimum Gasteiger partial charge on any atom is -0.335 e. The monoisotopic (exact) mass is 456 g/mol. The van der Waals surface area contributed by atoms with Crippen LogP contribution in [0.25, 0.3) is 0 Å². The molecule has 0 saturated carbocycles. The summed E-state index contributed by atoms with van der Waals surface area (Å²) in [4.78, 5) is 14.8. The zero-order valence-electron chi connectivity index (χ0n) is 17.2. The number of benzene rings is 3. The Morgan fingerprint density at radius 1 is 0.969 bits per heavy atom. The van der Waals surface area contributed by atoms with E-state index in [9.17, 15) is 22.0 Å². The number of halogens is 2. The zero-order chi connectivity index (χ0) is 22.7. The Labute approximate surface area is 185 Å². The summed E-state index contributed by atoms with van der Waals surface area (Å²) in [6.45, 7) is 0.602. The van der Waals surface area contributed by atoms with Crippen LogP contribution in [0, 0.1) is 11.6 Å². The highest BCUT2D eigenvalue weighted by molar-refractivity contribution is 7.92. The van der Waals surface area contributed by atoms with Gasteiger partial charge >= 0.3 is 0 Å². The van der Waals surface area contributed by atoms with Gasteiger partial charge in [0.1, 0.15) is 11.6 Å². The molecule has 4 rings (SSSR count). The Balaban J connectivity index is 1.46. The van der Waals surface area contributed by atoms with E-state index in [4.69, 9.17) is 0 Å². The summed E-state index contributed by atoms with van der Waals surface area (Å²) in [7, 11) is -3.88. The molecule has 0 radical (unpaired) electrons. The third-order valence-corrected chi connectivity index (χ3v) is 6.90. The number of amides is 1. The molecule has 1 unspecified atom stereocenters. The number of anilines is 1. The van der Waals surface area contributed by atoms with Gasteiger partial charge in [-0.3, -0.25) is 9.52 Å². The maximum Gasteiger partial charge on any atom is 0.261 e. The molecule has 32 heavy (non-hydrogen) atoms. The first kappa shape index (κ1) is 22.0. The first-order valence-electron chi connectivity index (χ1n) is 10.3. The lowest BCUT2D eigenvalue weighted by Gasteiger charge is -2.25. The minimum atomic E-state index is -3.88. The summed E-state index contributed by atoms with van der Waals surface area (Å²) >= 11 is 0. The highest BCUT2D eigenvalue weighted by Gasteiger charge is 2.29. The highest BCUT2D eigenvalue weighted by atomic mass is 32.2. The van der Waals surface area contributed by atoms with Gasteiger partial charge in [0.2, 0.25) is 0 Å². The van der Waals surface area contributed by atoms with E-state index in [1.807, 2.05) is 6.07 Å². The molecule has 1 heterocycles. The van der Waals surface area contributed by atoms with Crippen LogP contribution in [-0.2, 0) is 16.4 Å². The van der Waals surface area contributed by atoms with Gasteiger partial charge in [-0.25, -0.2) is 17.2 Å². The largest absolute Gasteiger partial charge is 0.335 e. The van der Waals surface area contributed by atoms with Crippen molar-refractivity contribution >= 4 is 21.6 Å². The molecular weight excluding hydrogens is 434 g/mol. The number of carbonyl (C=O) groups excluding carboxylic acids is 1. The number of likely N-dealkylation sites (tertiary alicyclic amines) is 1. The van der Waals surface area contributed by atoms with Crippen molar-refractivity contribution < 1.29 is 22.0 Å². The predicted molar refractivity (Wildman–Crippen MR) is 118 cm³/mol. The number of nitrogens with zero attached hydrogens (tertiary/aromatic N) is 1. The maximum absolute atomic E-state index is 13.5. The van der Waals surface area contributed by atoms with Crippen molar-refractivity contribution in [2.24, 2.45) is 0 Å². The van der Waals surface area contributed by atoms with Crippen molar-refractivity contribution in [2.75, 3.05) is 11.3 Å². The van der Waals surface area contributed by atoms with Crippen molar-refractivity contribution in [1.82, 2.24) is 4.90 Å². The van der Waals surface area contributed by atoms with Crippen LogP contribution in [0.3, 0.4) is 0 Å². The SMILES string of the molecule is O=C(c1ccc(S(=O)(=O)Nc2ccc(F)cc2)cc1)N1CCCC1Cc1cccc(F)c1. The lowest BCUT2D eigenvalue weighted by molar-refractivity contribution is 0.0736. The first-order valence-corrected chi connectivity index (χ1v) is 11.7. The second-order valence-electron chi connectivity index (χ2n) is 7.77. The molecule has 1 fully saturated rings. The Kier molecular flexibility index (Phi) is 6.23. The smallest absolute Gasteiger partial charge is 0.261 e. The molecule has 1 N–H and O–H groups in total. The van der Waals surface area contributed by atoms with Crippen molar-refractivity contribution in [2.45, 2.75) is 30.2 Å². The van der Waals surface area contributed by atoms with E-state index in [0.29, 0.717) is 18.5 Å². The molecule has 1 saturated heterocycles. The summed E-state index contributed by atoms with van der Waals surface area (Å²) in [6, 6.07) is 17.0. The molecule has 0 aliphatic carbocycles. The molecule has 3 aromatic carbocycles.